The number of hydrogen-bond donors (Lipinski definition) is 1. The number of hydrogen-bond acceptors (Lipinski definition) is 3. The molecule has 4 heteroatoms. The molecular formula is C11H11BrN2S. The molecule has 0 aliphatic rings. The van der Waals surface area contributed by atoms with E-state index < -0.39 is 0 Å². The van der Waals surface area contributed by atoms with Crippen LogP contribution in [0.25, 0.3) is 0 Å². The Kier molecular flexibility index (Phi) is 3.19. The molecule has 0 aliphatic carbocycles. The van der Waals surface area contributed by atoms with Gasteiger partial charge in [0.1, 0.15) is 0 Å². The van der Waals surface area contributed by atoms with Gasteiger partial charge in [0.2, 0.25) is 0 Å². The first-order chi connectivity index (χ1) is 7.18. The van der Waals surface area contributed by atoms with Gasteiger partial charge in [-0.15, -0.1) is 11.3 Å². The van der Waals surface area contributed by atoms with Crippen LogP contribution in [0.3, 0.4) is 0 Å². The lowest BCUT2D eigenvalue weighted by atomic mass is 10.0. The Bertz CT molecular complexity index is 467. The number of thiophene rings is 1. The van der Waals surface area contributed by atoms with Crippen molar-refractivity contribution in [2.75, 3.05) is 0 Å². The van der Waals surface area contributed by atoms with Crippen molar-refractivity contribution in [1.29, 1.82) is 0 Å². The molecule has 0 saturated heterocycles. The molecule has 2 nitrogen and oxygen atoms in total. The average Bonchev–Trinajstić information content (AvgIpc) is 2.65. The third kappa shape index (κ3) is 2.27. The van der Waals surface area contributed by atoms with Crippen LogP contribution in [0.2, 0.25) is 0 Å². The van der Waals surface area contributed by atoms with Crippen molar-refractivity contribution in [2.24, 2.45) is 5.73 Å². The fraction of sp³-hybridized carbons (Fsp3) is 0.182. The van der Waals surface area contributed by atoms with Gasteiger partial charge < -0.3 is 5.73 Å². The van der Waals surface area contributed by atoms with Gasteiger partial charge in [-0.1, -0.05) is 0 Å². The lowest BCUT2D eigenvalue weighted by Crippen LogP contribution is -2.12. The molecular weight excluding hydrogens is 272 g/mol. The van der Waals surface area contributed by atoms with Crippen LogP contribution in [-0.2, 0) is 0 Å². The first kappa shape index (κ1) is 10.8. The van der Waals surface area contributed by atoms with Crippen molar-refractivity contribution in [3.05, 3.63) is 50.4 Å². The summed E-state index contributed by atoms with van der Waals surface area (Å²) in [6, 6.07) is 3.96. The van der Waals surface area contributed by atoms with Crippen LogP contribution in [0.4, 0.5) is 0 Å². The highest BCUT2D eigenvalue weighted by molar-refractivity contribution is 9.11. The summed E-state index contributed by atoms with van der Waals surface area (Å²) in [6.07, 6.45) is 3.63. The number of halogens is 1. The van der Waals surface area contributed by atoms with Gasteiger partial charge in [0.15, 0.2) is 0 Å². The van der Waals surface area contributed by atoms with E-state index in [-0.39, 0.29) is 6.04 Å². The zero-order valence-corrected chi connectivity index (χ0v) is 10.7. The summed E-state index contributed by atoms with van der Waals surface area (Å²) >= 11 is 5.09. The molecule has 0 amide bonds. The van der Waals surface area contributed by atoms with Crippen LogP contribution in [0.15, 0.2) is 33.7 Å². The highest BCUT2D eigenvalue weighted by Gasteiger charge is 2.12. The molecule has 2 aromatic rings. The Hall–Kier alpha value is -0.710. The van der Waals surface area contributed by atoms with Crippen molar-refractivity contribution in [1.82, 2.24) is 4.98 Å². The van der Waals surface area contributed by atoms with Crippen LogP contribution in [-0.4, -0.2) is 4.98 Å². The van der Waals surface area contributed by atoms with Gasteiger partial charge in [-0.3, -0.25) is 4.98 Å². The summed E-state index contributed by atoms with van der Waals surface area (Å²) in [4.78, 5) is 4.11. The number of nitrogens with two attached hydrogens (primary N) is 1. The zero-order chi connectivity index (χ0) is 10.8. The maximum Gasteiger partial charge on any atom is 0.0701 e. The van der Waals surface area contributed by atoms with Crippen molar-refractivity contribution in [3.63, 3.8) is 0 Å². The number of rotatable bonds is 2. The molecule has 0 bridgehead atoms. The molecule has 0 saturated carbocycles. The summed E-state index contributed by atoms with van der Waals surface area (Å²) in [5.74, 6) is 0. The van der Waals surface area contributed by atoms with Crippen LogP contribution in [0.1, 0.15) is 22.7 Å². The largest absolute Gasteiger partial charge is 0.320 e. The van der Waals surface area contributed by atoms with Gasteiger partial charge in [0, 0.05) is 12.4 Å². The maximum atomic E-state index is 6.18. The molecule has 0 aliphatic heterocycles. The minimum absolute atomic E-state index is 0.0822. The molecule has 1 atom stereocenters. The van der Waals surface area contributed by atoms with Gasteiger partial charge in [0.05, 0.1) is 9.83 Å². The predicted molar refractivity (Wildman–Crippen MR) is 67.0 cm³/mol. The van der Waals surface area contributed by atoms with Gasteiger partial charge in [-0.2, -0.15) is 0 Å². The lowest BCUT2D eigenvalue weighted by Gasteiger charge is -2.12. The zero-order valence-electron chi connectivity index (χ0n) is 8.27. The van der Waals surface area contributed by atoms with Crippen LogP contribution in [0, 0.1) is 6.92 Å². The third-order valence-electron chi connectivity index (χ3n) is 2.36. The normalized spacial score (nSPS) is 12.7. The summed E-state index contributed by atoms with van der Waals surface area (Å²) in [7, 11) is 0. The number of aryl methyl sites for hydroxylation is 1. The third-order valence-corrected chi connectivity index (χ3v) is 3.88. The van der Waals surface area contributed by atoms with E-state index >= 15 is 0 Å². The standard InChI is InChI=1S/C11H11BrN2S/c1-7-2-3-14-5-9(7)11(13)8-4-10(12)15-6-8/h2-6,11H,13H2,1H3. The molecule has 2 heterocycles. The second kappa shape index (κ2) is 4.43. The Labute approximate surface area is 101 Å². The quantitative estimate of drug-likeness (QED) is 0.918. The molecule has 78 valence electrons. The summed E-state index contributed by atoms with van der Waals surface area (Å²) in [6.45, 7) is 2.05. The fourth-order valence-corrected chi connectivity index (χ4v) is 2.68. The van der Waals surface area contributed by atoms with E-state index in [4.69, 9.17) is 5.73 Å². The van der Waals surface area contributed by atoms with Crippen LogP contribution >= 0.6 is 27.3 Å². The smallest absolute Gasteiger partial charge is 0.0701 e. The van der Waals surface area contributed by atoms with Gasteiger partial charge in [-0.25, -0.2) is 0 Å². The van der Waals surface area contributed by atoms with Crippen molar-refractivity contribution in [3.8, 4) is 0 Å². The molecule has 1 unspecified atom stereocenters. The lowest BCUT2D eigenvalue weighted by molar-refractivity contribution is 0.857. The molecule has 0 spiro atoms. The summed E-state index contributed by atoms with van der Waals surface area (Å²) < 4.78 is 1.11. The topological polar surface area (TPSA) is 38.9 Å². The molecule has 0 fully saturated rings. The summed E-state index contributed by atoms with van der Waals surface area (Å²) in [5, 5.41) is 2.07. The van der Waals surface area contributed by atoms with E-state index in [0.717, 1.165) is 14.9 Å². The molecule has 2 aromatic heterocycles. The fourth-order valence-electron chi connectivity index (χ4n) is 1.47. The monoisotopic (exact) mass is 282 g/mol. The second-order valence-corrected chi connectivity index (χ2v) is 5.68. The number of aromatic nitrogens is 1. The predicted octanol–water partition coefficient (Wildman–Crippen LogP) is 3.26. The van der Waals surface area contributed by atoms with Gasteiger partial charge >= 0.3 is 0 Å². The van der Waals surface area contributed by atoms with E-state index in [1.54, 1.807) is 17.5 Å². The van der Waals surface area contributed by atoms with Gasteiger partial charge in [0.25, 0.3) is 0 Å². The van der Waals surface area contributed by atoms with Crippen molar-refractivity contribution < 1.29 is 0 Å². The van der Waals surface area contributed by atoms with Crippen molar-refractivity contribution in [2.45, 2.75) is 13.0 Å². The minimum Gasteiger partial charge on any atom is -0.320 e. The first-order valence-corrected chi connectivity index (χ1v) is 6.26. The maximum absolute atomic E-state index is 6.18. The Morgan fingerprint density at radius 2 is 2.33 bits per heavy atom. The SMILES string of the molecule is Cc1ccncc1C(N)c1csc(Br)c1. The first-order valence-electron chi connectivity index (χ1n) is 4.58. The molecule has 15 heavy (non-hydrogen) atoms. The van der Waals surface area contributed by atoms with E-state index in [1.165, 1.54) is 5.56 Å². The van der Waals surface area contributed by atoms with E-state index in [9.17, 15) is 0 Å². The molecule has 0 aromatic carbocycles. The minimum atomic E-state index is -0.0822. The van der Waals surface area contributed by atoms with Crippen LogP contribution < -0.4 is 5.73 Å². The molecule has 0 radical (unpaired) electrons. The van der Waals surface area contributed by atoms with E-state index in [0.29, 0.717) is 0 Å². The van der Waals surface area contributed by atoms with Crippen molar-refractivity contribution >= 4 is 27.3 Å². The Balaban J connectivity index is 2.36. The molecule has 2 N–H and O–H groups in total. The van der Waals surface area contributed by atoms with Gasteiger partial charge in [-0.05, 0) is 57.1 Å². The van der Waals surface area contributed by atoms with Crippen LogP contribution in [0.5, 0.6) is 0 Å². The second-order valence-electron chi connectivity index (χ2n) is 3.39. The number of pyridine rings is 1. The highest BCUT2D eigenvalue weighted by Crippen LogP contribution is 2.28. The average molecular weight is 283 g/mol. The van der Waals surface area contributed by atoms with E-state index in [2.05, 4.69) is 39.3 Å². The number of nitrogens with zero attached hydrogens (tertiary/aromatic N) is 1. The Morgan fingerprint density at radius 1 is 1.53 bits per heavy atom. The van der Waals surface area contributed by atoms with E-state index in [1.807, 2.05) is 12.3 Å². The molecule has 2 rings (SSSR count). The summed E-state index contributed by atoms with van der Waals surface area (Å²) in [5.41, 5.74) is 9.57. The Morgan fingerprint density at radius 3 is 2.93 bits per heavy atom. The highest BCUT2D eigenvalue weighted by atomic mass is 79.9.